The first-order valence-electron chi connectivity index (χ1n) is 4.52. The summed E-state index contributed by atoms with van der Waals surface area (Å²) in [6.45, 7) is 5.80. The SMILES string of the molecule is CCOP(=O)(O)c1ccc(C)c(C)c1. The van der Waals surface area contributed by atoms with Crippen molar-refractivity contribution in [3.63, 3.8) is 0 Å². The highest BCUT2D eigenvalue weighted by molar-refractivity contribution is 7.61. The summed E-state index contributed by atoms with van der Waals surface area (Å²) in [5, 5.41) is 0.363. The second kappa shape index (κ2) is 4.26. The van der Waals surface area contributed by atoms with E-state index < -0.39 is 7.60 Å². The van der Waals surface area contributed by atoms with Gasteiger partial charge in [-0.3, -0.25) is 4.57 Å². The highest BCUT2D eigenvalue weighted by Gasteiger charge is 2.21. The first kappa shape index (κ1) is 11.4. The van der Waals surface area contributed by atoms with E-state index in [-0.39, 0.29) is 6.61 Å². The van der Waals surface area contributed by atoms with Gasteiger partial charge in [-0.25, -0.2) is 0 Å². The predicted molar refractivity (Wildman–Crippen MR) is 57.0 cm³/mol. The molecular formula is C10H15O3P. The average Bonchev–Trinajstić information content (AvgIpc) is 2.09. The first-order valence-corrected chi connectivity index (χ1v) is 6.10. The van der Waals surface area contributed by atoms with E-state index in [0.29, 0.717) is 5.30 Å². The molecule has 0 aliphatic carbocycles. The van der Waals surface area contributed by atoms with E-state index in [4.69, 9.17) is 4.52 Å². The fourth-order valence-electron chi connectivity index (χ4n) is 1.15. The van der Waals surface area contributed by atoms with E-state index in [2.05, 4.69) is 0 Å². The minimum Gasteiger partial charge on any atom is -0.321 e. The molecule has 0 aliphatic heterocycles. The van der Waals surface area contributed by atoms with Gasteiger partial charge in [0.1, 0.15) is 0 Å². The Morgan fingerprint density at radius 3 is 2.50 bits per heavy atom. The largest absolute Gasteiger partial charge is 0.358 e. The number of hydrogen-bond acceptors (Lipinski definition) is 2. The Bertz CT molecular complexity index is 374. The van der Waals surface area contributed by atoms with Gasteiger partial charge in [0.05, 0.1) is 11.9 Å². The Balaban J connectivity index is 3.08. The standard InChI is InChI=1S/C10H15O3P/c1-4-13-14(11,12)10-6-5-8(2)9(3)7-10/h5-7H,4H2,1-3H3,(H,11,12). The summed E-state index contributed by atoms with van der Waals surface area (Å²) < 4.78 is 16.4. The summed E-state index contributed by atoms with van der Waals surface area (Å²) in [7, 11) is -3.59. The quantitative estimate of drug-likeness (QED) is 0.784. The van der Waals surface area contributed by atoms with Crippen LogP contribution in [-0.2, 0) is 9.09 Å². The van der Waals surface area contributed by atoms with Crippen molar-refractivity contribution in [1.82, 2.24) is 0 Å². The lowest BCUT2D eigenvalue weighted by Gasteiger charge is -2.12. The Hall–Kier alpha value is -0.630. The summed E-state index contributed by atoms with van der Waals surface area (Å²) in [5.41, 5.74) is 2.10. The van der Waals surface area contributed by atoms with Crippen molar-refractivity contribution in [1.29, 1.82) is 0 Å². The minimum atomic E-state index is -3.59. The van der Waals surface area contributed by atoms with Gasteiger partial charge >= 0.3 is 7.60 Å². The molecule has 0 fully saturated rings. The lowest BCUT2D eigenvalue weighted by atomic mass is 10.1. The molecule has 0 amide bonds. The fraction of sp³-hybridized carbons (Fsp3) is 0.400. The third-order valence-corrected chi connectivity index (χ3v) is 3.66. The van der Waals surface area contributed by atoms with Crippen molar-refractivity contribution >= 4 is 12.9 Å². The number of benzene rings is 1. The van der Waals surface area contributed by atoms with Crippen LogP contribution in [0.25, 0.3) is 0 Å². The second-order valence-corrected chi connectivity index (χ2v) is 5.02. The highest BCUT2D eigenvalue weighted by atomic mass is 31.2. The molecule has 0 saturated carbocycles. The second-order valence-electron chi connectivity index (χ2n) is 3.21. The molecular weight excluding hydrogens is 199 g/mol. The van der Waals surface area contributed by atoms with Crippen molar-refractivity contribution < 1.29 is 14.0 Å². The number of rotatable bonds is 3. The van der Waals surface area contributed by atoms with Crippen molar-refractivity contribution in [3.05, 3.63) is 29.3 Å². The van der Waals surface area contributed by atoms with E-state index in [1.54, 1.807) is 19.1 Å². The van der Waals surface area contributed by atoms with Gasteiger partial charge in [0.15, 0.2) is 0 Å². The highest BCUT2D eigenvalue weighted by Crippen LogP contribution is 2.40. The molecule has 1 aromatic carbocycles. The Kier molecular flexibility index (Phi) is 3.48. The number of hydrogen-bond donors (Lipinski definition) is 1. The van der Waals surface area contributed by atoms with Crippen LogP contribution >= 0.6 is 7.60 Å². The van der Waals surface area contributed by atoms with Gasteiger partial charge in [-0.1, -0.05) is 6.07 Å². The molecule has 0 bridgehead atoms. The summed E-state index contributed by atoms with van der Waals surface area (Å²) in [4.78, 5) is 9.53. The van der Waals surface area contributed by atoms with Crippen LogP contribution in [0.15, 0.2) is 18.2 Å². The van der Waals surface area contributed by atoms with Crippen molar-refractivity contribution in [2.75, 3.05) is 6.61 Å². The lowest BCUT2D eigenvalue weighted by Crippen LogP contribution is -2.08. The maximum Gasteiger partial charge on any atom is 0.358 e. The molecule has 0 saturated heterocycles. The smallest absolute Gasteiger partial charge is 0.321 e. The van der Waals surface area contributed by atoms with Crippen molar-refractivity contribution in [2.24, 2.45) is 0 Å². The molecule has 3 nitrogen and oxygen atoms in total. The minimum absolute atomic E-state index is 0.237. The van der Waals surface area contributed by atoms with E-state index in [9.17, 15) is 9.46 Å². The topological polar surface area (TPSA) is 46.5 Å². The molecule has 4 heteroatoms. The maximum atomic E-state index is 11.6. The lowest BCUT2D eigenvalue weighted by molar-refractivity contribution is 0.284. The molecule has 0 radical (unpaired) electrons. The molecule has 78 valence electrons. The van der Waals surface area contributed by atoms with E-state index >= 15 is 0 Å². The van der Waals surface area contributed by atoms with Crippen molar-refractivity contribution in [3.8, 4) is 0 Å². The van der Waals surface area contributed by atoms with Gasteiger partial charge < -0.3 is 9.42 Å². The fourth-order valence-corrected chi connectivity index (χ4v) is 2.27. The third-order valence-electron chi connectivity index (χ3n) is 2.12. The van der Waals surface area contributed by atoms with Gasteiger partial charge in [-0.2, -0.15) is 0 Å². The molecule has 0 heterocycles. The zero-order valence-electron chi connectivity index (χ0n) is 8.65. The summed E-state index contributed by atoms with van der Waals surface area (Å²) in [6.07, 6.45) is 0. The zero-order chi connectivity index (χ0) is 10.8. The molecule has 1 atom stereocenters. The third kappa shape index (κ3) is 2.44. The van der Waals surface area contributed by atoms with Crippen LogP contribution in [-0.4, -0.2) is 11.5 Å². The summed E-state index contributed by atoms with van der Waals surface area (Å²) >= 11 is 0. The monoisotopic (exact) mass is 214 g/mol. The molecule has 1 aromatic rings. The molecule has 0 aromatic heterocycles. The van der Waals surface area contributed by atoms with E-state index in [1.807, 2.05) is 19.9 Å². The van der Waals surface area contributed by atoms with Crippen LogP contribution in [0.3, 0.4) is 0 Å². The number of aryl methyl sites for hydroxylation is 2. The van der Waals surface area contributed by atoms with Crippen LogP contribution in [0.1, 0.15) is 18.1 Å². The molecule has 1 N–H and O–H groups in total. The van der Waals surface area contributed by atoms with Crippen LogP contribution in [0.5, 0.6) is 0 Å². The summed E-state index contributed by atoms with van der Waals surface area (Å²) in [5.74, 6) is 0. The molecule has 1 unspecified atom stereocenters. The van der Waals surface area contributed by atoms with Gasteiger partial charge in [-0.15, -0.1) is 0 Å². The van der Waals surface area contributed by atoms with Gasteiger partial charge in [0.25, 0.3) is 0 Å². The van der Waals surface area contributed by atoms with Gasteiger partial charge in [0, 0.05) is 0 Å². The first-order chi connectivity index (χ1) is 6.47. The van der Waals surface area contributed by atoms with E-state index in [1.165, 1.54) is 0 Å². The molecule has 0 spiro atoms. The van der Waals surface area contributed by atoms with Crippen LogP contribution in [0.2, 0.25) is 0 Å². The normalized spacial score (nSPS) is 15.1. The molecule has 14 heavy (non-hydrogen) atoms. The zero-order valence-corrected chi connectivity index (χ0v) is 9.54. The van der Waals surface area contributed by atoms with Gasteiger partial charge in [0.2, 0.25) is 0 Å². The maximum absolute atomic E-state index is 11.6. The van der Waals surface area contributed by atoms with Crippen LogP contribution in [0, 0.1) is 13.8 Å². The predicted octanol–water partition coefficient (Wildman–Crippen LogP) is 2.15. The van der Waals surface area contributed by atoms with Crippen LogP contribution in [0.4, 0.5) is 0 Å². The van der Waals surface area contributed by atoms with Crippen molar-refractivity contribution in [2.45, 2.75) is 20.8 Å². The Morgan fingerprint density at radius 1 is 1.36 bits per heavy atom. The van der Waals surface area contributed by atoms with E-state index in [0.717, 1.165) is 11.1 Å². The van der Waals surface area contributed by atoms with Crippen LogP contribution < -0.4 is 5.30 Å². The Labute approximate surface area is 84.3 Å². The Morgan fingerprint density at radius 2 is 2.00 bits per heavy atom. The summed E-state index contributed by atoms with van der Waals surface area (Å²) in [6, 6.07) is 5.16. The molecule has 0 aliphatic rings. The average molecular weight is 214 g/mol. The van der Waals surface area contributed by atoms with Gasteiger partial charge in [-0.05, 0) is 44.0 Å². The molecule has 1 rings (SSSR count).